The van der Waals surface area contributed by atoms with Crippen LogP contribution in [0.25, 0.3) is 22.6 Å². The maximum atomic E-state index is 6.21. The molecule has 26 heavy (non-hydrogen) atoms. The molecule has 5 nitrogen and oxygen atoms in total. The molecule has 0 saturated carbocycles. The Kier molecular flexibility index (Phi) is 5.25. The van der Waals surface area contributed by atoms with Gasteiger partial charge in [0.1, 0.15) is 0 Å². The van der Waals surface area contributed by atoms with E-state index in [1.807, 2.05) is 18.5 Å². The lowest BCUT2D eigenvalue weighted by Crippen LogP contribution is -2.41. The van der Waals surface area contributed by atoms with Gasteiger partial charge in [0.05, 0.1) is 6.20 Å². The molecule has 0 aliphatic carbocycles. The van der Waals surface area contributed by atoms with Gasteiger partial charge in [-0.15, -0.1) is 0 Å². The summed E-state index contributed by atoms with van der Waals surface area (Å²) in [5.74, 6) is 1.09. The Labute approximate surface area is 156 Å². The van der Waals surface area contributed by atoms with E-state index in [4.69, 9.17) is 8.84 Å². The van der Waals surface area contributed by atoms with Gasteiger partial charge >= 0.3 is 0 Å². The summed E-state index contributed by atoms with van der Waals surface area (Å²) in [5.41, 5.74) is 1.79. The van der Waals surface area contributed by atoms with Crippen LogP contribution in [0.2, 0.25) is 18.1 Å². The predicted octanol–water partition coefficient (Wildman–Crippen LogP) is 5.04. The summed E-state index contributed by atoms with van der Waals surface area (Å²) in [6.07, 6.45) is 8.97. The second-order valence-electron chi connectivity index (χ2n) is 8.06. The van der Waals surface area contributed by atoms with Crippen LogP contribution in [0.15, 0.2) is 35.3 Å². The van der Waals surface area contributed by atoms with E-state index in [0.29, 0.717) is 17.2 Å². The number of pyridine rings is 1. The van der Waals surface area contributed by atoms with E-state index in [1.165, 1.54) is 0 Å². The average molecular weight is 369 g/mol. The molecule has 3 aromatic rings. The van der Waals surface area contributed by atoms with Crippen LogP contribution in [0.1, 0.15) is 32.8 Å². The molecular formula is C20H26N3O2Si. The third-order valence-electron chi connectivity index (χ3n) is 5.03. The molecule has 0 aromatic carbocycles. The monoisotopic (exact) mass is 368 g/mol. The smallest absolute Gasteiger partial charge is 0.196 e. The largest absolute Gasteiger partial charge is 0.450 e. The first-order valence-corrected chi connectivity index (χ1v) is 11.9. The molecule has 0 aliphatic rings. The minimum absolute atomic E-state index is 0.246. The van der Waals surface area contributed by atoms with E-state index in [1.54, 1.807) is 12.4 Å². The molecule has 3 heterocycles. The van der Waals surface area contributed by atoms with Gasteiger partial charge in [0, 0.05) is 36.7 Å². The Balaban J connectivity index is 1.56. The van der Waals surface area contributed by atoms with Crippen LogP contribution in [-0.4, -0.2) is 29.9 Å². The van der Waals surface area contributed by atoms with Crippen molar-refractivity contribution in [2.24, 2.45) is 0 Å². The maximum absolute atomic E-state index is 6.21. The Hall–Kier alpha value is -2.05. The summed E-state index contributed by atoms with van der Waals surface area (Å²) in [6.45, 7) is 12.1. The lowest BCUT2D eigenvalue weighted by Gasteiger charge is -2.36. The second-order valence-corrected chi connectivity index (χ2v) is 12.9. The third-order valence-corrected chi connectivity index (χ3v) is 9.57. The molecule has 0 atom stereocenters. The van der Waals surface area contributed by atoms with Crippen molar-refractivity contribution in [3.63, 3.8) is 0 Å². The van der Waals surface area contributed by atoms with Crippen molar-refractivity contribution in [3.05, 3.63) is 42.5 Å². The highest BCUT2D eigenvalue weighted by atomic mass is 28.4. The van der Waals surface area contributed by atoms with E-state index in [0.717, 1.165) is 30.4 Å². The first-order valence-electron chi connectivity index (χ1n) is 8.97. The van der Waals surface area contributed by atoms with Crippen molar-refractivity contribution in [1.29, 1.82) is 0 Å². The fraction of sp³-hybridized carbons (Fsp3) is 0.450. The first kappa shape index (κ1) is 18.7. The SMILES string of the molecule is CC(C)(C)[Si](C)(C)OCCCc1cnc(-c2[c]c3ccncc3o2)nc1. The van der Waals surface area contributed by atoms with E-state index in [9.17, 15) is 0 Å². The molecule has 0 saturated heterocycles. The van der Waals surface area contributed by atoms with Gasteiger partial charge in [-0.3, -0.25) is 4.98 Å². The van der Waals surface area contributed by atoms with E-state index >= 15 is 0 Å². The Morgan fingerprint density at radius 1 is 1.15 bits per heavy atom. The van der Waals surface area contributed by atoms with Gasteiger partial charge in [-0.25, -0.2) is 9.97 Å². The van der Waals surface area contributed by atoms with Crippen LogP contribution in [0.5, 0.6) is 0 Å². The lowest BCUT2D eigenvalue weighted by atomic mass is 10.2. The fourth-order valence-corrected chi connectivity index (χ4v) is 3.43. The van der Waals surface area contributed by atoms with Crippen LogP contribution in [0, 0.1) is 6.07 Å². The second kappa shape index (κ2) is 7.29. The normalized spacial score (nSPS) is 12.7. The number of hydrogen-bond acceptors (Lipinski definition) is 5. The standard InChI is InChI=1S/C20H26N3O2Si/c1-20(2,3)26(4,5)24-10-6-7-15-12-22-19(23-13-15)17-11-16-8-9-21-14-18(16)25-17/h8-9,12-14H,6-7,10H2,1-5H3. The molecular weight excluding hydrogens is 342 g/mol. The van der Waals surface area contributed by atoms with Crippen LogP contribution in [0.4, 0.5) is 0 Å². The van der Waals surface area contributed by atoms with Crippen LogP contribution in [-0.2, 0) is 10.8 Å². The zero-order chi connectivity index (χ0) is 18.8. The highest BCUT2D eigenvalue weighted by Gasteiger charge is 2.36. The number of aromatic nitrogens is 3. The van der Waals surface area contributed by atoms with Crippen LogP contribution < -0.4 is 0 Å². The van der Waals surface area contributed by atoms with Gasteiger partial charge in [0.15, 0.2) is 25.5 Å². The molecule has 3 aromatic heterocycles. The van der Waals surface area contributed by atoms with Crippen molar-refractivity contribution in [1.82, 2.24) is 15.0 Å². The van der Waals surface area contributed by atoms with Crippen molar-refractivity contribution < 1.29 is 8.84 Å². The van der Waals surface area contributed by atoms with Crippen molar-refractivity contribution in [2.75, 3.05) is 6.61 Å². The highest BCUT2D eigenvalue weighted by Crippen LogP contribution is 2.36. The number of furan rings is 1. The van der Waals surface area contributed by atoms with Crippen LogP contribution in [0.3, 0.4) is 0 Å². The quantitative estimate of drug-likeness (QED) is 0.450. The van der Waals surface area contributed by atoms with E-state index in [2.05, 4.69) is 54.9 Å². The summed E-state index contributed by atoms with van der Waals surface area (Å²) < 4.78 is 11.9. The summed E-state index contributed by atoms with van der Waals surface area (Å²) in [4.78, 5) is 12.9. The predicted molar refractivity (Wildman–Crippen MR) is 105 cm³/mol. The number of nitrogens with zero attached hydrogens (tertiary/aromatic N) is 3. The molecule has 3 rings (SSSR count). The van der Waals surface area contributed by atoms with Crippen LogP contribution >= 0.6 is 0 Å². The molecule has 0 N–H and O–H groups in total. The zero-order valence-corrected chi connectivity index (χ0v) is 17.2. The van der Waals surface area contributed by atoms with Gasteiger partial charge < -0.3 is 8.84 Å². The molecule has 0 amide bonds. The molecule has 6 heteroatoms. The summed E-state index contributed by atoms with van der Waals surface area (Å²) in [7, 11) is -1.67. The zero-order valence-electron chi connectivity index (χ0n) is 16.2. The molecule has 137 valence electrons. The van der Waals surface area contributed by atoms with Gasteiger partial charge in [-0.1, -0.05) is 20.8 Å². The minimum Gasteiger partial charge on any atom is -0.450 e. The van der Waals surface area contributed by atoms with Gasteiger partial charge in [0.25, 0.3) is 0 Å². The molecule has 1 radical (unpaired) electrons. The Morgan fingerprint density at radius 3 is 2.54 bits per heavy atom. The number of hydrogen-bond donors (Lipinski definition) is 0. The molecule has 0 aliphatic heterocycles. The average Bonchev–Trinajstić information content (AvgIpc) is 3.02. The molecule has 0 fully saturated rings. The summed E-state index contributed by atoms with van der Waals surface area (Å²) in [5, 5.41) is 1.13. The topological polar surface area (TPSA) is 61.0 Å². The molecule has 0 unspecified atom stereocenters. The molecule has 0 bridgehead atoms. The van der Waals surface area contributed by atoms with Crippen molar-refractivity contribution in [3.8, 4) is 11.6 Å². The first-order chi connectivity index (χ1) is 12.3. The lowest BCUT2D eigenvalue weighted by molar-refractivity contribution is 0.282. The number of fused-ring (bicyclic) bond motifs is 1. The third kappa shape index (κ3) is 4.19. The van der Waals surface area contributed by atoms with E-state index in [-0.39, 0.29) is 5.04 Å². The summed E-state index contributed by atoms with van der Waals surface area (Å²) >= 11 is 0. The Morgan fingerprint density at radius 2 is 1.88 bits per heavy atom. The van der Waals surface area contributed by atoms with Gasteiger partial charge in [-0.2, -0.15) is 0 Å². The summed E-state index contributed by atoms with van der Waals surface area (Å²) in [6, 6.07) is 5.03. The Bertz CT molecular complexity index is 834. The van der Waals surface area contributed by atoms with Gasteiger partial charge in [0.2, 0.25) is 0 Å². The van der Waals surface area contributed by atoms with Crippen molar-refractivity contribution in [2.45, 2.75) is 51.7 Å². The number of rotatable bonds is 6. The van der Waals surface area contributed by atoms with E-state index < -0.39 is 8.32 Å². The van der Waals surface area contributed by atoms with Crippen molar-refractivity contribution >= 4 is 19.3 Å². The highest BCUT2D eigenvalue weighted by molar-refractivity contribution is 6.74. The minimum atomic E-state index is -1.67. The van der Waals surface area contributed by atoms with Gasteiger partial charge in [-0.05, 0) is 42.6 Å². The maximum Gasteiger partial charge on any atom is 0.196 e. The molecule has 0 spiro atoms. The fourth-order valence-electron chi connectivity index (χ4n) is 2.35. The number of aryl methyl sites for hydroxylation is 1.